The van der Waals surface area contributed by atoms with E-state index in [1.54, 1.807) is 12.1 Å². The van der Waals surface area contributed by atoms with Crippen molar-refractivity contribution in [2.45, 2.75) is 25.3 Å². The molecule has 1 atom stereocenters. The van der Waals surface area contributed by atoms with Gasteiger partial charge in [-0.3, -0.25) is 4.79 Å². The van der Waals surface area contributed by atoms with Crippen LogP contribution in [0.25, 0.3) is 0 Å². The fraction of sp³-hybridized carbons (Fsp3) is 0.280. The standard InChI is InChI=1S/C25H26BrClN4O/c26-21-7-3-1-5-18(21)15-23(17-11-13-28-14-12-17)30-22-8-4-2-6-20(22)25(32)31-24-10-9-19(27)16-29-24/h1-10,16-17,23,28,30H,11-15H2,(H,29,31,32). The molecule has 2 aromatic carbocycles. The zero-order valence-corrected chi connectivity index (χ0v) is 20.0. The van der Waals surface area contributed by atoms with Crippen molar-refractivity contribution >= 4 is 44.9 Å². The van der Waals surface area contributed by atoms with Gasteiger partial charge in [-0.05, 0) is 74.2 Å². The summed E-state index contributed by atoms with van der Waals surface area (Å²) in [4.78, 5) is 17.2. The van der Waals surface area contributed by atoms with E-state index in [1.807, 2.05) is 30.3 Å². The lowest BCUT2D eigenvalue weighted by atomic mass is 9.86. The quantitative estimate of drug-likeness (QED) is 0.375. The number of hydrogen-bond donors (Lipinski definition) is 3. The molecule has 0 bridgehead atoms. The van der Waals surface area contributed by atoms with Gasteiger partial charge in [0.05, 0.1) is 10.6 Å². The number of amides is 1. The van der Waals surface area contributed by atoms with Gasteiger partial charge in [0.25, 0.3) is 5.91 Å². The average molecular weight is 514 g/mol. The summed E-state index contributed by atoms with van der Waals surface area (Å²) in [5.41, 5.74) is 2.68. The van der Waals surface area contributed by atoms with Crippen molar-refractivity contribution < 1.29 is 4.79 Å². The smallest absolute Gasteiger partial charge is 0.258 e. The summed E-state index contributed by atoms with van der Waals surface area (Å²) in [6, 6.07) is 19.6. The molecule has 3 N–H and O–H groups in total. The zero-order chi connectivity index (χ0) is 22.3. The van der Waals surface area contributed by atoms with Gasteiger partial charge in [-0.1, -0.05) is 57.9 Å². The van der Waals surface area contributed by atoms with E-state index in [9.17, 15) is 4.79 Å². The van der Waals surface area contributed by atoms with E-state index >= 15 is 0 Å². The Bertz CT molecular complexity index is 1050. The van der Waals surface area contributed by atoms with Crippen LogP contribution >= 0.6 is 27.5 Å². The molecule has 0 spiro atoms. The van der Waals surface area contributed by atoms with Crippen LogP contribution in [0, 0.1) is 5.92 Å². The van der Waals surface area contributed by atoms with Crippen molar-refractivity contribution in [3.8, 4) is 0 Å². The van der Waals surface area contributed by atoms with E-state index in [1.165, 1.54) is 11.8 Å². The fourth-order valence-electron chi connectivity index (χ4n) is 4.12. The molecule has 1 aliphatic heterocycles. The SMILES string of the molecule is O=C(Nc1ccc(Cl)cn1)c1ccccc1NC(Cc1ccccc1Br)C1CCNCC1. The van der Waals surface area contributed by atoms with E-state index < -0.39 is 0 Å². The highest BCUT2D eigenvalue weighted by molar-refractivity contribution is 9.10. The van der Waals surface area contributed by atoms with E-state index in [4.69, 9.17) is 11.6 Å². The van der Waals surface area contributed by atoms with Crippen molar-refractivity contribution in [3.05, 3.63) is 87.5 Å². The molecule has 2 heterocycles. The van der Waals surface area contributed by atoms with Gasteiger partial charge in [-0.15, -0.1) is 0 Å². The first-order chi connectivity index (χ1) is 15.6. The van der Waals surface area contributed by atoms with Crippen molar-refractivity contribution in [1.82, 2.24) is 10.3 Å². The number of carbonyl (C=O) groups is 1. The Morgan fingerprint density at radius 1 is 1.09 bits per heavy atom. The third-order valence-electron chi connectivity index (χ3n) is 5.83. The minimum Gasteiger partial charge on any atom is -0.381 e. The normalized spacial score (nSPS) is 15.2. The molecule has 166 valence electrons. The minimum atomic E-state index is -0.201. The first-order valence-corrected chi connectivity index (χ1v) is 12.0. The van der Waals surface area contributed by atoms with Crippen LogP contribution in [0.4, 0.5) is 11.5 Å². The molecule has 0 saturated carbocycles. The Hall–Kier alpha value is -2.41. The summed E-state index contributed by atoms with van der Waals surface area (Å²) in [5, 5.41) is 10.6. The number of halogens is 2. The second kappa shape index (κ2) is 10.9. The summed E-state index contributed by atoms with van der Waals surface area (Å²) in [6.07, 6.45) is 4.60. The molecule has 1 aromatic heterocycles. The zero-order valence-electron chi connectivity index (χ0n) is 17.7. The molecule has 0 radical (unpaired) electrons. The van der Waals surface area contributed by atoms with E-state index in [0.717, 1.165) is 42.5 Å². The maximum Gasteiger partial charge on any atom is 0.258 e. The average Bonchev–Trinajstić information content (AvgIpc) is 2.82. The number of carbonyl (C=O) groups excluding carboxylic acids is 1. The van der Waals surface area contributed by atoms with Crippen LogP contribution in [0.1, 0.15) is 28.8 Å². The van der Waals surface area contributed by atoms with Crippen LogP contribution in [0.3, 0.4) is 0 Å². The molecule has 1 amide bonds. The predicted molar refractivity (Wildman–Crippen MR) is 134 cm³/mol. The molecule has 3 aromatic rings. The second-order valence-corrected chi connectivity index (χ2v) is 9.29. The van der Waals surface area contributed by atoms with Crippen LogP contribution in [0.2, 0.25) is 5.02 Å². The van der Waals surface area contributed by atoms with Crippen molar-refractivity contribution in [3.63, 3.8) is 0 Å². The minimum absolute atomic E-state index is 0.201. The number of hydrogen-bond acceptors (Lipinski definition) is 4. The molecule has 1 unspecified atom stereocenters. The molecular weight excluding hydrogens is 488 g/mol. The molecule has 7 heteroatoms. The van der Waals surface area contributed by atoms with Gasteiger partial charge in [0.2, 0.25) is 0 Å². The molecule has 4 rings (SSSR count). The highest BCUT2D eigenvalue weighted by atomic mass is 79.9. The number of nitrogens with zero attached hydrogens (tertiary/aromatic N) is 1. The maximum absolute atomic E-state index is 13.0. The Morgan fingerprint density at radius 2 is 1.84 bits per heavy atom. The summed E-state index contributed by atoms with van der Waals surface area (Å²) >= 11 is 9.60. The van der Waals surface area contributed by atoms with Gasteiger partial charge in [-0.25, -0.2) is 4.98 Å². The lowest BCUT2D eigenvalue weighted by Gasteiger charge is -2.33. The molecule has 1 saturated heterocycles. The Morgan fingerprint density at radius 3 is 2.59 bits per heavy atom. The van der Waals surface area contributed by atoms with Crippen LogP contribution in [0.15, 0.2) is 71.3 Å². The molecule has 5 nitrogen and oxygen atoms in total. The summed E-state index contributed by atoms with van der Waals surface area (Å²) in [6.45, 7) is 2.03. The predicted octanol–water partition coefficient (Wildman–Crippen LogP) is 5.77. The van der Waals surface area contributed by atoms with Gasteiger partial charge in [0.15, 0.2) is 0 Å². The summed E-state index contributed by atoms with van der Waals surface area (Å²) in [7, 11) is 0. The Kier molecular flexibility index (Phi) is 7.79. The fourth-order valence-corrected chi connectivity index (χ4v) is 4.68. The van der Waals surface area contributed by atoms with Crippen molar-refractivity contribution in [1.29, 1.82) is 0 Å². The first kappa shape index (κ1) is 22.8. The van der Waals surface area contributed by atoms with E-state index in [2.05, 4.69) is 55.1 Å². The third kappa shape index (κ3) is 5.88. The number of aromatic nitrogens is 1. The van der Waals surface area contributed by atoms with Crippen LogP contribution < -0.4 is 16.0 Å². The van der Waals surface area contributed by atoms with Gasteiger partial charge < -0.3 is 16.0 Å². The second-order valence-electron chi connectivity index (χ2n) is 8.00. The number of benzene rings is 2. The monoisotopic (exact) mass is 512 g/mol. The number of nitrogens with one attached hydrogen (secondary N) is 3. The van der Waals surface area contributed by atoms with Crippen molar-refractivity contribution in [2.24, 2.45) is 5.92 Å². The van der Waals surface area contributed by atoms with Crippen LogP contribution in [-0.4, -0.2) is 30.0 Å². The topological polar surface area (TPSA) is 66.0 Å². The van der Waals surface area contributed by atoms with Gasteiger partial charge in [0, 0.05) is 22.4 Å². The lowest BCUT2D eigenvalue weighted by molar-refractivity contribution is 0.102. The number of rotatable bonds is 7. The maximum atomic E-state index is 13.0. The number of anilines is 2. The molecule has 32 heavy (non-hydrogen) atoms. The van der Waals surface area contributed by atoms with Gasteiger partial charge in [-0.2, -0.15) is 0 Å². The summed E-state index contributed by atoms with van der Waals surface area (Å²) < 4.78 is 1.11. The first-order valence-electron chi connectivity index (χ1n) is 10.8. The van der Waals surface area contributed by atoms with Crippen molar-refractivity contribution in [2.75, 3.05) is 23.7 Å². The summed E-state index contributed by atoms with van der Waals surface area (Å²) in [5.74, 6) is 0.780. The Labute approximate surface area is 202 Å². The molecule has 1 aliphatic rings. The Balaban J connectivity index is 1.57. The van der Waals surface area contributed by atoms with Gasteiger partial charge in [0.1, 0.15) is 5.82 Å². The third-order valence-corrected chi connectivity index (χ3v) is 6.83. The van der Waals surface area contributed by atoms with E-state index in [-0.39, 0.29) is 11.9 Å². The highest BCUT2D eigenvalue weighted by Gasteiger charge is 2.26. The van der Waals surface area contributed by atoms with E-state index in [0.29, 0.717) is 22.3 Å². The molecular formula is C25H26BrClN4O. The molecule has 0 aliphatic carbocycles. The lowest BCUT2D eigenvalue weighted by Crippen LogP contribution is -2.39. The van der Waals surface area contributed by atoms with Crippen LogP contribution in [0.5, 0.6) is 0 Å². The number of piperidine rings is 1. The number of pyridine rings is 1. The largest absolute Gasteiger partial charge is 0.381 e. The van der Waals surface area contributed by atoms with Crippen LogP contribution in [-0.2, 0) is 6.42 Å². The number of para-hydroxylation sites is 1. The highest BCUT2D eigenvalue weighted by Crippen LogP contribution is 2.28. The van der Waals surface area contributed by atoms with Gasteiger partial charge >= 0.3 is 0 Å². The molecule has 1 fully saturated rings.